The van der Waals surface area contributed by atoms with E-state index in [1.165, 1.54) is 0 Å². The molecular formula is C22H23N3O3. The van der Waals surface area contributed by atoms with Gasteiger partial charge in [-0.15, -0.1) is 0 Å². The molecule has 28 heavy (non-hydrogen) atoms. The molecule has 1 N–H and O–H groups in total. The number of amides is 1. The summed E-state index contributed by atoms with van der Waals surface area (Å²) in [6.45, 7) is 0.436. The molecule has 0 atom stereocenters. The van der Waals surface area contributed by atoms with Crippen molar-refractivity contribution in [2.24, 2.45) is 12.1 Å². The standard InChI is InChI=1S/C22H23N3O3/c1-25-12-6-9-19(25)14-22(26)24-23-15-18-10-11-20(27-2)21(13-18)28-16-17-7-4-3-5-8-17/h3-13,15H,14,16H2,1-2H3,(H,24,26)/b23-15+. The number of carbonyl (C=O) groups is 1. The van der Waals surface area contributed by atoms with Crippen LogP contribution in [0.5, 0.6) is 11.5 Å². The monoisotopic (exact) mass is 377 g/mol. The predicted molar refractivity (Wildman–Crippen MR) is 109 cm³/mol. The molecular weight excluding hydrogens is 354 g/mol. The van der Waals surface area contributed by atoms with Gasteiger partial charge in [-0.3, -0.25) is 4.79 Å². The van der Waals surface area contributed by atoms with Crippen molar-refractivity contribution < 1.29 is 14.3 Å². The molecule has 0 spiro atoms. The van der Waals surface area contributed by atoms with Crippen LogP contribution in [0.25, 0.3) is 0 Å². The number of nitrogens with one attached hydrogen (secondary N) is 1. The van der Waals surface area contributed by atoms with Crippen LogP contribution in [0.1, 0.15) is 16.8 Å². The summed E-state index contributed by atoms with van der Waals surface area (Å²) in [6.07, 6.45) is 3.76. The quantitative estimate of drug-likeness (QED) is 0.484. The smallest absolute Gasteiger partial charge is 0.245 e. The normalized spacial score (nSPS) is 10.8. The van der Waals surface area contributed by atoms with E-state index in [1.54, 1.807) is 13.3 Å². The zero-order valence-electron chi connectivity index (χ0n) is 16.0. The number of carbonyl (C=O) groups excluding carboxylic acids is 1. The molecule has 0 bridgehead atoms. The Balaban J connectivity index is 1.61. The molecule has 3 aromatic rings. The van der Waals surface area contributed by atoms with E-state index in [1.807, 2.05) is 78.5 Å². The number of rotatable bonds is 8. The van der Waals surface area contributed by atoms with E-state index in [-0.39, 0.29) is 12.3 Å². The van der Waals surface area contributed by atoms with Gasteiger partial charge in [-0.1, -0.05) is 30.3 Å². The average molecular weight is 377 g/mol. The van der Waals surface area contributed by atoms with Crippen molar-refractivity contribution in [1.82, 2.24) is 9.99 Å². The fourth-order valence-electron chi connectivity index (χ4n) is 2.68. The van der Waals surface area contributed by atoms with E-state index in [4.69, 9.17) is 9.47 Å². The summed E-state index contributed by atoms with van der Waals surface area (Å²) in [7, 11) is 3.50. The second kappa shape index (κ2) is 9.41. The van der Waals surface area contributed by atoms with Crippen molar-refractivity contribution in [2.45, 2.75) is 13.0 Å². The highest BCUT2D eigenvalue weighted by molar-refractivity contribution is 5.83. The third-order valence-electron chi connectivity index (χ3n) is 4.22. The predicted octanol–water partition coefficient (Wildman–Crippen LogP) is 3.31. The topological polar surface area (TPSA) is 64.8 Å². The maximum Gasteiger partial charge on any atom is 0.245 e. The molecule has 0 saturated carbocycles. The van der Waals surface area contributed by atoms with Crippen LogP contribution in [-0.4, -0.2) is 23.8 Å². The summed E-state index contributed by atoms with van der Waals surface area (Å²) < 4.78 is 13.2. The molecule has 0 radical (unpaired) electrons. The van der Waals surface area contributed by atoms with Crippen LogP contribution in [0.3, 0.4) is 0 Å². The molecule has 0 aliphatic carbocycles. The Labute approximate surface area is 164 Å². The number of nitrogens with zero attached hydrogens (tertiary/aromatic N) is 2. The summed E-state index contributed by atoms with van der Waals surface area (Å²) in [4.78, 5) is 12.0. The fourth-order valence-corrected chi connectivity index (χ4v) is 2.68. The van der Waals surface area contributed by atoms with E-state index in [2.05, 4.69) is 10.5 Å². The lowest BCUT2D eigenvalue weighted by atomic mass is 10.2. The van der Waals surface area contributed by atoms with Crippen LogP contribution < -0.4 is 14.9 Å². The van der Waals surface area contributed by atoms with Crippen LogP contribution in [0.4, 0.5) is 0 Å². The van der Waals surface area contributed by atoms with Gasteiger partial charge < -0.3 is 14.0 Å². The van der Waals surface area contributed by atoms with Gasteiger partial charge in [0.2, 0.25) is 5.91 Å². The molecule has 0 aliphatic rings. The zero-order valence-corrected chi connectivity index (χ0v) is 16.0. The number of hydrogen-bond acceptors (Lipinski definition) is 4. The third kappa shape index (κ3) is 5.23. The molecule has 0 saturated heterocycles. The summed E-state index contributed by atoms with van der Waals surface area (Å²) in [6, 6.07) is 19.2. The first-order valence-electron chi connectivity index (χ1n) is 8.92. The lowest BCUT2D eigenvalue weighted by Gasteiger charge is -2.11. The molecule has 1 heterocycles. The van der Waals surface area contributed by atoms with Gasteiger partial charge >= 0.3 is 0 Å². The van der Waals surface area contributed by atoms with Crippen LogP contribution in [0, 0.1) is 0 Å². The minimum Gasteiger partial charge on any atom is -0.493 e. The SMILES string of the molecule is COc1ccc(/C=N/NC(=O)Cc2cccn2C)cc1OCc1ccccc1. The van der Waals surface area contributed by atoms with Gasteiger partial charge in [-0.2, -0.15) is 5.10 Å². The fraction of sp³-hybridized carbons (Fsp3) is 0.182. The molecule has 6 nitrogen and oxygen atoms in total. The van der Waals surface area contributed by atoms with Gasteiger partial charge in [0.15, 0.2) is 11.5 Å². The maximum absolute atomic E-state index is 12.0. The van der Waals surface area contributed by atoms with E-state index >= 15 is 0 Å². The van der Waals surface area contributed by atoms with E-state index in [0.29, 0.717) is 18.1 Å². The molecule has 1 aromatic heterocycles. The number of aromatic nitrogens is 1. The van der Waals surface area contributed by atoms with E-state index in [0.717, 1.165) is 16.8 Å². The minimum atomic E-state index is -0.174. The molecule has 6 heteroatoms. The highest BCUT2D eigenvalue weighted by Crippen LogP contribution is 2.28. The zero-order chi connectivity index (χ0) is 19.8. The highest BCUT2D eigenvalue weighted by atomic mass is 16.5. The lowest BCUT2D eigenvalue weighted by molar-refractivity contribution is -0.120. The van der Waals surface area contributed by atoms with E-state index in [9.17, 15) is 4.79 Å². The lowest BCUT2D eigenvalue weighted by Crippen LogP contribution is -2.20. The Kier molecular flexibility index (Phi) is 6.46. The number of aryl methyl sites for hydroxylation is 1. The van der Waals surface area contributed by atoms with Gasteiger partial charge in [0.1, 0.15) is 6.61 Å². The summed E-state index contributed by atoms with van der Waals surface area (Å²) in [5.74, 6) is 1.08. The molecule has 3 rings (SSSR count). The molecule has 0 aliphatic heterocycles. The molecule has 0 unspecified atom stereocenters. The van der Waals surface area contributed by atoms with Crippen molar-refractivity contribution in [3.8, 4) is 11.5 Å². The third-order valence-corrected chi connectivity index (χ3v) is 4.22. The number of benzene rings is 2. The van der Waals surface area contributed by atoms with Gasteiger partial charge in [0.25, 0.3) is 0 Å². The van der Waals surface area contributed by atoms with Crippen molar-refractivity contribution in [3.05, 3.63) is 83.7 Å². The van der Waals surface area contributed by atoms with Crippen molar-refractivity contribution in [2.75, 3.05) is 7.11 Å². The summed E-state index contributed by atoms with van der Waals surface area (Å²) in [5.41, 5.74) is 5.33. The largest absolute Gasteiger partial charge is 0.493 e. The Morgan fingerprint density at radius 1 is 1.11 bits per heavy atom. The van der Waals surface area contributed by atoms with Crippen LogP contribution in [0.2, 0.25) is 0 Å². The summed E-state index contributed by atoms with van der Waals surface area (Å²) in [5, 5.41) is 4.04. The average Bonchev–Trinajstić information content (AvgIpc) is 3.11. The molecule has 144 valence electrons. The first-order valence-corrected chi connectivity index (χ1v) is 8.92. The number of methoxy groups -OCH3 is 1. The Morgan fingerprint density at radius 2 is 1.93 bits per heavy atom. The Morgan fingerprint density at radius 3 is 2.64 bits per heavy atom. The Bertz CT molecular complexity index is 949. The second-order valence-corrected chi connectivity index (χ2v) is 6.26. The summed E-state index contributed by atoms with van der Waals surface area (Å²) >= 11 is 0. The highest BCUT2D eigenvalue weighted by Gasteiger charge is 2.07. The molecule has 1 amide bonds. The van der Waals surface area contributed by atoms with Gasteiger partial charge in [0, 0.05) is 18.9 Å². The maximum atomic E-state index is 12.0. The number of hydrogen-bond donors (Lipinski definition) is 1. The van der Waals surface area contributed by atoms with Crippen LogP contribution in [0.15, 0.2) is 72.0 Å². The van der Waals surface area contributed by atoms with Crippen molar-refractivity contribution in [1.29, 1.82) is 0 Å². The number of hydrazone groups is 1. The first-order chi connectivity index (χ1) is 13.7. The van der Waals surface area contributed by atoms with Gasteiger partial charge in [0.05, 0.1) is 19.7 Å². The van der Waals surface area contributed by atoms with E-state index < -0.39 is 0 Å². The molecule has 0 fully saturated rings. The van der Waals surface area contributed by atoms with Crippen molar-refractivity contribution >= 4 is 12.1 Å². The van der Waals surface area contributed by atoms with Crippen molar-refractivity contribution in [3.63, 3.8) is 0 Å². The van der Waals surface area contributed by atoms with Gasteiger partial charge in [-0.05, 0) is 41.5 Å². The second-order valence-electron chi connectivity index (χ2n) is 6.26. The minimum absolute atomic E-state index is 0.174. The van der Waals surface area contributed by atoms with Crippen LogP contribution >= 0.6 is 0 Å². The molecule has 2 aromatic carbocycles. The van der Waals surface area contributed by atoms with Crippen LogP contribution in [-0.2, 0) is 24.9 Å². The first kappa shape index (κ1) is 19.2. The van der Waals surface area contributed by atoms with Gasteiger partial charge in [-0.25, -0.2) is 5.43 Å². The number of ether oxygens (including phenoxy) is 2. The Hall–Kier alpha value is -3.54.